The summed E-state index contributed by atoms with van der Waals surface area (Å²) >= 11 is 0. The van der Waals surface area contributed by atoms with Gasteiger partial charge in [-0.2, -0.15) is 0 Å². The standard InChI is InChI=1S/C10H18N4O2S/c1-4-8-9(11)12-7-13-10(8)14(2)5-6-17(3,15)16/h7H,4-6H2,1-3H3,(H2,11,12,13). The number of rotatable bonds is 5. The maximum atomic E-state index is 11.1. The van der Waals surface area contributed by atoms with Gasteiger partial charge < -0.3 is 10.6 Å². The van der Waals surface area contributed by atoms with Crippen molar-refractivity contribution in [3.05, 3.63) is 11.9 Å². The van der Waals surface area contributed by atoms with Crippen LogP contribution >= 0.6 is 0 Å². The van der Waals surface area contributed by atoms with E-state index in [4.69, 9.17) is 5.73 Å². The first-order valence-corrected chi connectivity index (χ1v) is 7.39. The Labute approximate surface area is 102 Å². The highest BCUT2D eigenvalue weighted by atomic mass is 32.2. The van der Waals surface area contributed by atoms with Crippen LogP contribution in [0.15, 0.2) is 6.33 Å². The van der Waals surface area contributed by atoms with E-state index < -0.39 is 9.84 Å². The number of nitrogen functional groups attached to an aromatic ring is 1. The molecule has 17 heavy (non-hydrogen) atoms. The van der Waals surface area contributed by atoms with E-state index in [1.807, 2.05) is 6.92 Å². The lowest BCUT2D eigenvalue weighted by Gasteiger charge is -2.20. The lowest BCUT2D eigenvalue weighted by atomic mass is 10.2. The van der Waals surface area contributed by atoms with Gasteiger partial charge in [-0.05, 0) is 6.42 Å². The quantitative estimate of drug-likeness (QED) is 0.806. The van der Waals surface area contributed by atoms with Gasteiger partial charge in [0.2, 0.25) is 0 Å². The summed E-state index contributed by atoms with van der Waals surface area (Å²) in [5.41, 5.74) is 6.61. The van der Waals surface area contributed by atoms with Crippen LogP contribution in [0.2, 0.25) is 0 Å². The van der Waals surface area contributed by atoms with Crippen LogP contribution < -0.4 is 10.6 Å². The largest absolute Gasteiger partial charge is 0.383 e. The van der Waals surface area contributed by atoms with Gasteiger partial charge in [-0.3, -0.25) is 0 Å². The highest BCUT2D eigenvalue weighted by Gasteiger charge is 2.13. The number of sulfone groups is 1. The molecule has 2 N–H and O–H groups in total. The van der Waals surface area contributed by atoms with Gasteiger partial charge in [-0.1, -0.05) is 6.92 Å². The van der Waals surface area contributed by atoms with Gasteiger partial charge in [0.05, 0.1) is 5.75 Å². The minimum absolute atomic E-state index is 0.0938. The van der Waals surface area contributed by atoms with Crippen molar-refractivity contribution in [2.45, 2.75) is 13.3 Å². The van der Waals surface area contributed by atoms with E-state index >= 15 is 0 Å². The number of nitrogens with zero attached hydrogens (tertiary/aromatic N) is 3. The molecule has 0 saturated heterocycles. The number of nitrogens with two attached hydrogens (primary N) is 1. The molecule has 0 aromatic carbocycles. The fourth-order valence-corrected chi connectivity index (χ4v) is 2.10. The summed E-state index contributed by atoms with van der Waals surface area (Å²) < 4.78 is 22.2. The number of hydrogen-bond donors (Lipinski definition) is 1. The zero-order valence-electron chi connectivity index (χ0n) is 10.3. The maximum Gasteiger partial charge on any atom is 0.149 e. The van der Waals surface area contributed by atoms with Crippen LogP contribution in [0.3, 0.4) is 0 Å². The summed E-state index contributed by atoms with van der Waals surface area (Å²) in [7, 11) is -1.18. The van der Waals surface area contributed by atoms with Crippen molar-refractivity contribution in [1.29, 1.82) is 0 Å². The van der Waals surface area contributed by atoms with Gasteiger partial charge >= 0.3 is 0 Å². The molecule has 0 unspecified atom stereocenters. The Kier molecular flexibility index (Phi) is 4.28. The van der Waals surface area contributed by atoms with Crippen LogP contribution in [0.1, 0.15) is 12.5 Å². The van der Waals surface area contributed by atoms with E-state index in [-0.39, 0.29) is 5.75 Å². The molecule has 0 fully saturated rings. The van der Waals surface area contributed by atoms with Crippen LogP contribution in [0, 0.1) is 0 Å². The van der Waals surface area contributed by atoms with Crippen molar-refractivity contribution in [2.24, 2.45) is 0 Å². The Morgan fingerprint density at radius 2 is 2.06 bits per heavy atom. The molecule has 1 aromatic rings. The number of hydrogen-bond acceptors (Lipinski definition) is 6. The molecule has 7 heteroatoms. The third kappa shape index (κ3) is 3.85. The second-order valence-electron chi connectivity index (χ2n) is 3.97. The molecule has 0 amide bonds. The van der Waals surface area contributed by atoms with Crippen LogP contribution in [0.25, 0.3) is 0 Å². The fraction of sp³-hybridized carbons (Fsp3) is 0.600. The zero-order valence-corrected chi connectivity index (χ0v) is 11.2. The molecule has 1 rings (SSSR count). The average Bonchev–Trinajstić information content (AvgIpc) is 2.24. The summed E-state index contributed by atoms with van der Waals surface area (Å²) in [6.07, 6.45) is 3.32. The third-order valence-corrected chi connectivity index (χ3v) is 3.39. The molecule has 1 aromatic heterocycles. The minimum atomic E-state index is -2.97. The first kappa shape index (κ1) is 13.7. The summed E-state index contributed by atoms with van der Waals surface area (Å²) in [5.74, 6) is 1.24. The molecule has 0 saturated carbocycles. The molecule has 96 valence electrons. The highest BCUT2D eigenvalue weighted by molar-refractivity contribution is 7.90. The van der Waals surface area contributed by atoms with E-state index in [2.05, 4.69) is 9.97 Å². The van der Waals surface area contributed by atoms with Gasteiger partial charge in [-0.25, -0.2) is 18.4 Å². The molecular weight excluding hydrogens is 240 g/mol. The molecule has 0 aliphatic heterocycles. The predicted octanol–water partition coefficient (Wildman–Crippen LogP) is 0.102. The Hall–Kier alpha value is -1.37. The fourth-order valence-electron chi connectivity index (χ4n) is 1.49. The molecule has 1 heterocycles. The second-order valence-corrected chi connectivity index (χ2v) is 6.23. The zero-order chi connectivity index (χ0) is 13.1. The Morgan fingerprint density at radius 1 is 1.41 bits per heavy atom. The van der Waals surface area contributed by atoms with Gasteiger partial charge in [0.1, 0.15) is 27.8 Å². The number of aromatic nitrogens is 2. The molecule has 0 radical (unpaired) electrons. The van der Waals surface area contributed by atoms with Crippen molar-refractivity contribution in [2.75, 3.05) is 36.2 Å². The summed E-state index contributed by atoms with van der Waals surface area (Å²) in [5, 5.41) is 0. The third-order valence-electron chi connectivity index (χ3n) is 2.47. The topological polar surface area (TPSA) is 89.2 Å². The molecule has 0 atom stereocenters. The summed E-state index contributed by atoms with van der Waals surface area (Å²) in [4.78, 5) is 9.86. The van der Waals surface area contributed by atoms with Gasteiger partial charge in [0.15, 0.2) is 0 Å². The van der Waals surface area contributed by atoms with E-state index in [0.29, 0.717) is 24.6 Å². The van der Waals surface area contributed by atoms with E-state index in [1.54, 1.807) is 11.9 Å². The smallest absolute Gasteiger partial charge is 0.149 e. The van der Waals surface area contributed by atoms with Crippen molar-refractivity contribution in [3.8, 4) is 0 Å². The normalized spacial score (nSPS) is 11.5. The van der Waals surface area contributed by atoms with Crippen molar-refractivity contribution < 1.29 is 8.42 Å². The molecule has 0 bridgehead atoms. The molecule has 0 aliphatic carbocycles. The lowest BCUT2D eigenvalue weighted by molar-refractivity contribution is 0.601. The molecular formula is C10H18N4O2S. The van der Waals surface area contributed by atoms with Crippen molar-refractivity contribution in [1.82, 2.24) is 9.97 Å². The van der Waals surface area contributed by atoms with Crippen LogP contribution in [-0.2, 0) is 16.3 Å². The van der Waals surface area contributed by atoms with E-state index in [1.165, 1.54) is 12.6 Å². The van der Waals surface area contributed by atoms with E-state index in [0.717, 1.165) is 5.56 Å². The lowest BCUT2D eigenvalue weighted by Crippen LogP contribution is -2.27. The van der Waals surface area contributed by atoms with Crippen LogP contribution in [-0.4, -0.2) is 44.0 Å². The van der Waals surface area contributed by atoms with Crippen molar-refractivity contribution in [3.63, 3.8) is 0 Å². The van der Waals surface area contributed by atoms with Gasteiger partial charge in [-0.15, -0.1) is 0 Å². The average molecular weight is 258 g/mol. The molecule has 0 spiro atoms. The Balaban J connectivity index is 2.89. The molecule has 6 nitrogen and oxygen atoms in total. The van der Waals surface area contributed by atoms with E-state index in [9.17, 15) is 8.42 Å². The van der Waals surface area contributed by atoms with Gasteiger partial charge in [0.25, 0.3) is 0 Å². The molecule has 0 aliphatic rings. The van der Waals surface area contributed by atoms with Crippen LogP contribution in [0.5, 0.6) is 0 Å². The first-order chi connectivity index (χ1) is 7.85. The summed E-state index contributed by atoms with van der Waals surface area (Å²) in [6, 6.07) is 0. The first-order valence-electron chi connectivity index (χ1n) is 5.33. The highest BCUT2D eigenvalue weighted by Crippen LogP contribution is 2.20. The van der Waals surface area contributed by atoms with Crippen LogP contribution in [0.4, 0.5) is 11.6 Å². The van der Waals surface area contributed by atoms with Crippen molar-refractivity contribution >= 4 is 21.5 Å². The Bertz CT molecular complexity index is 487. The monoisotopic (exact) mass is 258 g/mol. The summed E-state index contributed by atoms with van der Waals surface area (Å²) in [6.45, 7) is 2.35. The SMILES string of the molecule is CCc1c(N)ncnc1N(C)CCS(C)(=O)=O. The Morgan fingerprint density at radius 3 is 2.59 bits per heavy atom. The predicted molar refractivity (Wildman–Crippen MR) is 68.8 cm³/mol. The number of anilines is 2. The second kappa shape index (κ2) is 5.31. The minimum Gasteiger partial charge on any atom is -0.383 e. The maximum absolute atomic E-state index is 11.1. The van der Waals surface area contributed by atoms with Gasteiger partial charge in [0, 0.05) is 25.4 Å².